The molecule has 0 aliphatic carbocycles. The average molecular weight is 383 g/mol. The van der Waals surface area contributed by atoms with Gasteiger partial charge in [0.05, 0.1) is 6.54 Å². The maximum Gasteiger partial charge on any atom is 0.194 e. The summed E-state index contributed by atoms with van der Waals surface area (Å²) >= 11 is 12.1. The number of aliphatic imine (C=N–C) groups is 1. The molecule has 0 aliphatic rings. The van der Waals surface area contributed by atoms with E-state index in [1.165, 1.54) is 0 Å². The average Bonchev–Trinajstić information content (AvgIpc) is 2.97. The lowest BCUT2D eigenvalue weighted by Crippen LogP contribution is -2.39. The molecule has 6 nitrogen and oxygen atoms in total. The molecule has 2 rings (SSSR count). The fourth-order valence-electron chi connectivity index (χ4n) is 2.40. The van der Waals surface area contributed by atoms with Crippen molar-refractivity contribution < 1.29 is 0 Å². The molecule has 1 aromatic heterocycles. The van der Waals surface area contributed by atoms with Gasteiger partial charge in [-0.1, -0.05) is 29.3 Å². The van der Waals surface area contributed by atoms with Crippen LogP contribution in [0.4, 0.5) is 0 Å². The molecule has 0 fully saturated rings. The lowest BCUT2D eigenvalue weighted by Gasteiger charge is -2.21. The number of hydrogen-bond donors (Lipinski definition) is 1. The van der Waals surface area contributed by atoms with Gasteiger partial charge in [0.1, 0.15) is 12.2 Å². The monoisotopic (exact) mass is 382 g/mol. The Morgan fingerprint density at radius 3 is 2.80 bits per heavy atom. The highest BCUT2D eigenvalue weighted by molar-refractivity contribution is 6.35. The SMILES string of the molecule is CCNC(=NCCCc1ccc(Cl)cc1Cl)N(C)Cc1ncnn1C. The van der Waals surface area contributed by atoms with Crippen LogP contribution in [0.25, 0.3) is 0 Å². The van der Waals surface area contributed by atoms with Gasteiger partial charge in [-0.25, -0.2) is 4.98 Å². The first-order valence-corrected chi connectivity index (χ1v) is 9.03. The summed E-state index contributed by atoms with van der Waals surface area (Å²) in [6.45, 7) is 4.22. The number of guanidine groups is 1. The highest BCUT2D eigenvalue weighted by Crippen LogP contribution is 2.22. The van der Waals surface area contributed by atoms with Gasteiger partial charge in [0.15, 0.2) is 5.96 Å². The van der Waals surface area contributed by atoms with E-state index in [1.807, 2.05) is 31.1 Å². The summed E-state index contributed by atoms with van der Waals surface area (Å²) < 4.78 is 1.77. The predicted octanol–water partition coefficient (Wildman–Crippen LogP) is 3.15. The van der Waals surface area contributed by atoms with Crippen LogP contribution in [0.15, 0.2) is 29.5 Å². The number of nitrogens with zero attached hydrogens (tertiary/aromatic N) is 5. The Hall–Kier alpha value is -1.79. The molecule has 0 spiro atoms. The minimum Gasteiger partial charge on any atom is -0.357 e. The van der Waals surface area contributed by atoms with Crippen molar-refractivity contribution in [2.24, 2.45) is 12.0 Å². The molecule has 0 aliphatic heterocycles. The van der Waals surface area contributed by atoms with E-state index in [0.29, 0.717) is 23.1 Å². The number of aryl methyl sites for hydroxylation is 2. The van der Waals surface area contributed by atoms with Crippen LogP contribution in [-0.4, -0.2) is 45.8 Å². The zero-order valence-electron chi connectivity index (χ0n) is 14.8. The van der Waals surface area contributed by atoms with Crippen molar-refractivity contribution in [1.82, 2.24) is 25.0 Å². The van der Waals surface area contributed by atoms with Gasteiger partial charge in [-0.2, -0.15) is 5.10 Å². The van der Waals surface area contributed by atoms with Crippen LogP contribution in [0.5, 0.6) is 0 Å². The van der Waals surface area contributed by atoms with Gasteiger partial charge in [-0.3, -0.25) is 9.67 Å². The maximum atomic E-state index is 6.21. The van der Waals surface area contributed by atoms with Gasteiger partial charge < -0.3 is 10.2 Å². The Kier molecular flexibility index (Phi) is 7.52. The summed E-state index contributed by atoms with van der Waals surface area (Å²) in [5.74, 6) is 1.74. The van der Waals surface area contributed by atoms with Crippen molar-refractivity contribution in [1.29, 1.82) is 0 Å². The number of halogens is 2. The smallest absolute Gasteiger partial charge is 0.194 e. The number of aromatic nitrogens is 3. The van der Waals surface area contributed by atoms with Crippen LogP contribution in [0, 0.1) is 0 Å². The van der Waals surface area contributed by atoms with Gasteiger partial charge >= 0.3 is 0 Å². The fourth-order valence-corrected chi connectivity index (χ4v) is 2.90. The van der Waals surface area contributed by atoms with Crippen LogP contribution in [-0.2, 0) is 20.0 Å². The third-order valence-corrected chi connectivity index (χ3v) is 4.35. The lowest BCUT2D eigenvalue weighted by molar-refractivity contribution is 0.448. The first-order valence-electron chi connectivity index (χ1n) is 8.27. The van der Waals surface area contributed by atoms with Crippen molar-refractivity contribution in [2.45, 2.75) is 26.3 Å². The Morgan fingerprint density at radius 2 is 2.16 bits per heavy atom. The van der Waals surface area contributed by atoms with Crippen LogP contribution < -0.4 is 5.32 Å². The molecule has 0 unspecified atom stereocenters. The molecule has 1 heterocycles. The van der Waals surface area contributed by atoms with Crippen molar-refractivity contribution in [3.63, 3.8) is 0 Å². The topological polar surface area (TPSA) is 58.3 Å². The minimum absolute atomic E-state index is 0.644. The maximum absolute atomic E-state index is 6.21. The molecular formula is C17H24Cl2N6. The molecule has 0 radical (unpaired) electrons. The van der Waals surface area contributed by atoms with E-state index in [4.69, 9.17) is 28.2 Å². The Labute approximate surface area is 158 Å². The van der Waals surface area contributed by atoms with Crippen LogP contribution in [0.2, 0.25) is 10.0 Å². The summed E-state index contributed by atoms with van der Waals surface area (Å²) in [5.41, 5.74) is 1.10. The highest BCUT2D eigenvalue weighted by Gasteiger charge is 2.09. The normalized spacial score (nSPS) is 11.6. The first-order chi connectivity index (χ1) is 12.0. The van der Waals surface area contributed by atoms with Crippen molar-refractivity contribution in [3.05, 3.63) is 46.0 Å². The van der Waals surface area contributed by atoms with Gasteiger partial charge in [0, 0.05) is 37.2 Å². The Bertz CT molecular complexity index is 713. The molecule has 0 atom stereocenters. The molecule has 0 saturated heterocycles. The second-order valence-corrected chi connectivity index (χ2v) is 6.57. The van der Waals surface area contributed by atoms with E-state index in [9.17, 15) is 0 Å². The Morgan fingerprint density at radius 1 is 1.36 bits per heavy atom. The molecule has 136 valence electrons. The number of rotatable bonds is 7. The summed E-state index contributed by atoms with van der Waals surface area (Å²) in [7, 11) is 3.88. The summed E-state index contributed by atoms with van der Waals surface area (Å²) in [6.07, 6.45) is 3.34. The molecule has 25 heavy (non-hydrogen) atoms. The standard InChI is InChI=1S/C17H24Cl2N6/c1-4-20-17(24(2)11-16-22-12-23-25(16)3)21-9-5-6-13-7-8-14(18)10-15(13)19/h7-8,10,12H,4-6,9,11H2,1-3H3,(H,20,21). The van der Waals surface area contributed by atoms with Gasteiger partial charge in [0.2, 0.25) is 0 Å². The summed E-state index contributed by atoms with van der Waals surface area (Å²) in [5, 5.41) is 8.77. The zero-order chi connectivity index (χ0) is 18.2. The van der Waals surface area contributed by atoms with Gasteiger partial charge in [-0.15, -0.1) is 0 Å². The predicted molar refractivity (Wildman–Crippen MR) is 103 cm³/mol. The Balaban J connectivity index is 1.91. The van der Waals surface area contributed by atoms with Crippen molar-refractivity contribution >= 4 is 29.2 Å². The molecule has 1 N–H and O–H groups in total. The van der Waals surface area contributed by atoms with Crippen molar-refractivity contribution in [3.8, 4) is 0 Å². The van der Waals surface area contributed by atoms with E-state index in [2.05, 4.69) is 22.3 Å². The lowest BCUT2D eigenvalue weighted by atomic mass is 10.1. The van der Waals surface area contributed by atoms with Crippen molar-refractivity contribution in [2.75, 3.05) is 20.1 Å². The van der Waals surface area contributed by atoms with Crippen LogP contribution in [0.1, 0.15) is 24.7 Å². The van der Waals surface area contributed by atoms with E-state index < -0.39 is 0 Å². The highest BCUT2D eigenvalue weighted by atomic mass is 35.5. The molecule has 2 aromatic rings. The van der Waals surface area contributed by atoms with E-state index in [-0.39, 0.29) is 0 Å². The first kappa shape index (κ1) is 19.5. The summed E-state index contributed by atoms with van der Waals surface area (Å²) in [6, 6.07) is 5.62. The number of nitrogens with one attached hydrogen (secondary N) is 1. The van der Waals surface area contributed by atoms with E-state index in [0.717, 1.165) is 36.7 Å². The van der Waals surface area contributed by atoms with E-state index in [1.54, 1.807) is 17.1 Å². The molecule has 1 aromatic carbocycles. The molecular weight excluding hydrogens is 359 g/mol. The quantitative estimate of drug-likeness (QED) is 0.453. The van der Waals surface area contributed by atoms with Gasteiger partial charge in [0.25, 0.3) is 0 Å². The second kappa shape index (κ2) is 9.63. The molecule has 0 bridgehead atoms. The largest absolute Gasteiger partial charge is 0.357 e. The molecule has 0 amide bonds. The zero-order valence-corrected chi connectivity index (χ0v) is 16.3. The summed E-state index contributed by atoms with van der Waals surface area (Å²) in [4.78, 5) is 11.0. The number of benzene rings is 1. The van der Waals surface area contributed by atoms with Gasteiger partial charge in [-0.05, 0) is 37.5 Å². The third-order valence-electron chi connectivity index (χ3n) is 3.76. The van der Waals surface area contributed by atoms with Crippen LogP contribution in [0.3, 0.4) is 0 Å². The molecule has 0 saturated carbocycles. The fraction of sp³-hybridized carbons (Fsp3) is 0.471. The number of hydrogen-bond acceptors (Lipinski definition) is 3. The molecule has 8 heteroatoms. The second-order valence-electron chi connectivity index (χ2n) is 5.73. The van der Waals surface area contributed by atoms with E-state index >= 15 is 0 Å². The third kappa shape index (κ3) is 5.90. The minimum atomic E-state index is 0.644. The van der Waals surface area contributed by atoms with Crippen LogP contribution >= 0.6 is 23.2 Å².